The van der Waals surface area contributed by atoms with Gasteiger partial charge in [0.15, 0.2) is 0 Å². The molecule has 0 aromatic heterocycles. The number of carbonyl (C=O) groups is 2. The molecule has 3 aliphatic carbocycles. The Morgan fingerprint density at radius 3 is 1.83 bits per heavy atom. The molecule has 2 bridgehead atoms. The van der Waals surface area contributed by atoms with E-state index in [9.17, 15) is 9.59 Å². The van der Waals surface area contributed by atoms with Crippen molar-refractivity contribution >= 4 is 11.9 Å². The highest BCUT2D eigenvalue weighted by atomic mass is 16.5. The van der Waals surface area contributed by atoms with E-state index in [2.05, 4.69) is 13.2 Å². The fraction of sp³-hybridized carbons (Fsp3) is 0.700. The summed E-state index contributed by atoms with van der Waals surface area (Å²) in [4.78, 5) is 22.3. The quantitative estimate of drug-likeness (QED) is 0.504. The van der Waals surface area contributed by atoms with Crippen LogP contribution < -0.4 is 0 Å². The zero-order chi connectivity index (χ0) is 17.1. The van der Waals surface area contributed by atoms with Gasteiger partial charge in [-0.15, -0.1) is 0 Å². The minimum absolute atomic E-state index is 0.310. The number of fused-ring (bicyclic) bond motifs is 5. The van der Waals surface area contributed by atoms with Crippen molar-refractivity contribution in [2.45, 2.75) is 38.5 Å². The average molecular weight is 332 g/mol. The van der Waals surface area contributed by atoms with Gasteiger partial charge in [-0.1, -0.05) is 13.2 Å². The van der Waals surface area contributed by atoms with Crippen LogP contribution in [0.3, 0.4) is 0 Å². The van der Waals surface area contributed by atoms with Gasteiger partial charge in [-0.25, -0.2) is 9.59 Å². The van der Waals surface area contributed by atoms with E-state index in [1.165, 1.54) is 37.8 Å². The molecule has 132 valence electrons. The van der Waals surface area contributed by atoms with E-state index in [1.54, 1.807) is 0 Å². The Balaban J connectivity index is 1.45. The van der Waals surface area contributed by atoms with Gasteiger partial charge in [-0.3, -0.25) is 0 Å². The molecular formula is C20H28O4. The van der Waals surface area contributed by atoms with E-state index >= 15 is 0 Å². The van der Waals surface area contributed by atoms with Crippen molar-refractivity contribution in [1.29, 1.82) is 0 Å². The molecule has 0 radical (unpaired) electrons. The lowest BCUT2D eigenvalue weighted by molar-refractivity contribution is -0.139. The van der Waals surface area contributed by atoms with Gasteiger partial charge in [0, 0.05) is 12.2 Å². The summed E-state index contributed by atoms with van der Waals surface area (Å²) in [5.74, 6) is 4.09. The van der Waals surface area contributed by atoms with Crippen molar-refractivity contribution in [2.24, 2.45) is 35.5 Å². The van der Waals surface area contributed by atoms with E-state index < -0.39 is 0 Å². The summed E-state index contributed by atoms with van der Waals surface area (Å²) in [6.45, 7) is 7.91. The molecule has 3 rings (SSSR count). The molecule has 4 nitrogen and oxygen atoms in total. The first-order valence-corrected chi connectivity index (χ1v) is 9.22. The molecule has 0 aromatic rings. The van der Waals surface area contributed by atoms with Crippen LogP contribution in [0.4, 0.5) is 0 Å². The van der Waals surface area contributed by atoms with Crippen molar-refractivity contribution in [1.82, 2.24) is 0 Å². The van der Waals surface area contributed by atoms with Crippen LogP contribution in [-0.4, -0.2) is 25.2 Å². The molecule has 0 heterocycles. The fourth-order valence-electron chi connectivity index (χ4n) is 5.80. The van der Waals surface area contributed by atoms with E-state index in [-0.39, 0.29) is 11.9 Å². The van der Waals surface area contributed by atoms with Gasteiger partial charge in [0.1, 0.15) is 0 Å². The minimum Gasteiger partial charge on any atom is -0.463 e. The van der Waals surface area contributed by atoms with Crippen LogP contribution in [0.1, 0.15) is 38.5 Å². The maximum absolute atomic E-state index is 11.2. The van der Waals surface area contributed by atoms with Gasteiger partial charge in [-0.05, 0) is 74.0 Å². The zero-order valence-corrected chi connectivity index (χ0v) is 14.3. The predicted molar refractivity (Wildman–Crippen MR) is 91.0 cm³/mol. The zero-order valence-electron chi connectivity index (χ0n) is 14.3. The van der Waals surface area contributed by atoms with Gasteiger partial charge in [0.25, 0.3) is 0 Å². The fourth-order valence-corrected chi connectivity index (χ4v) is 5.80. The summed E-state index contributed by atoms with van der Waals surface area (Å²) in [5.41, 5.74) is 0. The molecule has 4 heteroatoms. The Morgan fingerprint density at radius 1 is 0.833 bits per heavy atom. The van der Waals surface area contributed by atoms with Gasteiger partial charge in [0.2, 0.25) is 0 Å². The van der Waals surface area contributed by atoms with Crippen molar-refractivity contribution in [3.63, 3.8) is 0 Å². The Kier molecular flexibility index (Phi) is 5.42. The SMILES string of the molecule is C=CC(=O)OCCC1CC2C3CCC(C3CCOC(=O)C=C)C2C1. The monoisotopic (exact) mass is 332 g/mol. The Bertz CT molecular complexity index is 492. The van der Waals surface area contributed by atoms with E-state index in [4.69, 9.17) is 9.47 Å². The maximum atomic E-state index is 11.2. The Hall–Kier alpha value is -1.58. The molecule has 4 unspecified atom stereocenters. The van der Waals surface area contributed by atoms with Gasteiger partial charge in [0.05, 0.1) is 13.2 Å². The molecule has 24 heavy (non-hydrogen) atoms. The van der Waals surface area contributed by atoms with Crippen LogP contribution in [0, 0.1) is 35.5 Å². The van der Waals surface area contributed by atoms with E-state index in [0.29, 0.717) is 19.1 Å². The number of ether oxygens (including phenoxy) is 2. The lowest BCUT2D eigenvalue weighted by Gasteiger charge is -2.23. The Labute approximate surface area is 144 Å². The summed E-state index contributed by atoms with van der Waals surface area (Å²) >= 11 is 0. The lowest BCUT2D eigenvalue weighted by Crippen LogP contribution is -2.16. The smallest absolute Gasteiger partial charge is 0.330 e. The molecule has 3 fully saturated rings. The molecule has 3 saturated carbocycles. The largest absolute Gasteiger partial charge is 0.463 e. The summed E-state index contributed by atoms with van der Waals surface area (Å²) in [5, 5.41) is 0. The van der Waals surface area contributed by atoms with E-state index in [1.807, 2.05) is 0 Å². The first kappa shape index (κ1) is 17.2. The lowest BCUT2D eigenvalue weighted by atomic mass is 9.82. The van der Waals surface area contributed by atoms with Gasteiger partial charge >= 0.3 is 11.9 Å². The molecule has 0 aliphatic heterocycles. The first-order valence-electron chi connectivity index (χ1n) is 9.22. The summed E-state index contributed by atoms with van der Waals surface area (Å²) in [7, 11) is 0. The van der Waals surface area contributed by atoms with Crippen molar-refractivity contribution < 1.29 is 19.1 Å². The van der Waals surface area contributed by atoms with Crippen LogP contribution in [0.15, 0.2) is 25.3 Å². The molecule has 0 amide bonds. The molecule has 3 aliphatic rings. The highest BCUT2D eigenvalue weighted by molar-refractivity contribution is 5.81. The highest BCUT2D eigenvalue weighted by Gasteiger charge is 2.56. The number of esters is 2. The second-order valence-corrected chi connectivity index (χ2v) is 7.55. The molecule has 0 spiro atoms. The van der Waals surface area contributed by atoms with Gasteiger partial charge in [-0.2, -0.15) is 0 Å². The second-order valence-electron chi connectivity index (χ2n) is 7.55. The molecular weight excluding hydrogens is 304 g/mol. The molecule has 4 atom stereocenters. The predicted octanol–water partition coefficient (Wildman–Crippen LogP) is 3.52. The number of carbonyl (C=O) groups excluding carboxylic acids is 2. The number of rotatable bonds is 8. The van der Waals surface area contributed by atoms with Crippen LogP contribution in [0.5, 0.6) is 0 Å². The normalized spacial score (nSPS) is 36.2. The third-order valence-corrected chi connectivity index (χ3v) is 6.59. The molecule has 0 N–H and O–H groups in total. The Morgan fingerprint density at radius 2 is 1.33 bits per heavy atom. The maximum Gasteiger partial charge on any atom is 0.330 e. The van der Waals surface area contributed by atoms with Gasteiger partial charge < -0.3 is 9.47 Å². The summed E-state index contributed by atoms with van der Waals surface area (Å²) in [6.07, 6.45) is 9.68. The van der Waals surface area contributed by atoms with Crippen LogP contribution in [0.25, 0.3) is 0 Å². The van der Waals surface area contributed by atoms with Crippen molar-refractivity contribution in [2.75, 3.05) is 13.2 Å². The molecule has 0 aromatic carbocycles. The van der Waals surface area contributed by atoms with E-state index in [0.717, 1.165) is 42.4 Å². The number of hydrogen-bond donors (Lipinski definition) is 0. The average Bonchev–Trinajstić information content (AvgIpc) is 3.24. The highest BCUT2D eigenvalue weighted by Crippen LogP contribution is 2.64. The summed E-state index contributed by atoms with van der Waals surface area (Å²) < 4.78 is 10.3. The second kappa shape index (κ2) is 7.54. The van der Waals surface area contributed by atoms with Crippen LogP contribution in [-0.2, 0) is 19.1 Å². The van der Waals surface area contributed by atoms with Crippen LogP contribution >= 0.6 is 0 Å². The standard InChI is InChI=1S/C20H28O4/c1-3-19(21)23-9-7-13-11-17-14-5-6-15(18(17)12-13)16(14)8-10-24-20(22)4-2/h3-4,13-18H,1-2,5-12H2. The molecule has 0 saturated heterocycles. The van der Waals surface area contributed by atoms with Crippen LogP contribution in [0.2, 0.25) is 0 Å². The topological polar surface area (TPSA) is 52.6 Å². The third kappa shape index (κ3) is 3.42. The first-order chi connectivity index (χ1) is 11.6. The summed E-state index contributed by atoms with van der Waals surface area (Å²) in [6, 6.07) is 0. The third-order valence-electron chi connectivity index (χ3n) is 6.59. The number of hydrogen-bond acceptors (Lipinski definition) is 4. The van der Waals surface area contributed by atoms with Crippen molar-refractivity contribution in [3.05, 3.63) is 25.3 Å². The van der Waals surface area contributed by atoms with Crippen molar-refractivity contribution in [3.8, 4) is 0 Å². The minimum atomic E-state index is -0.317.